The number of guanidine groups is 1. The fraction of sp³-hybridized carbons (Fsp3) is 0.444. The minimum Gasteiger partial charge on any atom is -0.496 e. The molecule has 6 nitrogen and oxygen atoms in total. The molecule has 3 rings (SSSR count). The molecule has 27 heavy (non-hydrogen) atoms. The molecular weight excluding hydrogens is 404 g/mol. The summed E-state index contributed by atoms with van der Waals surface area (Å²) in [6, 6.07) is 2.87. The first kappa shape index (κ1) is 20.2. The fourth-order valence-corrected chi connectivity index (χ4v) is 4.20. The van der Waals surface area contributed by atoms with Gasteiger partial charge < -0.3 is 4.74 Å². The highest BCUT2D eigenvalue weighted by molar-refractivity contribution is 8.27. The van der Waals surface area contributed by atoms with Crippen LogP contribution in [0.25, 0.3) is 0 Å². The molecule has 9 heteroatoms. The lowest BCUT2D eigenvalue weighted by atomic mass is 9.96. The number of hydrogen-bond donors (Lipinski definition) is 2. The van der Waals surface area contributed by atoms with E-state index in [-0.39, 0.29) is 17.9 Å². The molecule has 0 bridgehead atoms. The Morgan fingerprint density at radius 1 is 1.30 bits per heavy atom. The predicted molar refractivity (Wildman–Crippen MR) is 115 cm³/mol. The number of thiol groups is 1. The summed E-state index contributed by atoms with van der Waals surface area (Å²) in [5, 5.41) is 5.02. The molecule has 2 unspecified atom stereocenters. The smallest absolute Gasteiger partial charge is 0.232 e. The number of amides is 1. The average molecular weight is 425 g/mol. The Hall–Kier alpha value is -1.51. The van der Waals surface area contributed by atoms with Crippen molar-refractivity contribution in [1.29, 1.82) is 0 Å². The number of nitrogens with one attached hydrogen (secondary N) is 1. The van der Waals surface area contributed by atoms with Crippen LogP contribution >= 0.6 is 36.0 Å². The van der Waals surface area contributed by atoms with E-state index in [1.54, 1.807) is 13.2 Å². The van der Waals surface area contributed by atoms with Crippen LogP contribution in [0.3, 0.4) is 0 Å². The molecule has 0 saturated heterocycles. The van der Waals surface area contributed by atoms with E-state index in [1.807, 2.05) is 33.8 Å². The molecule has 2 aliphatic heterocycles. The van der Waals surface area contributed by atoms with Crippen LogP contribution in [0.5, 0.6) is 5.75 Å². The first-order valence-electron chi connectivity index (χ1n) is 8.36. The van der Waals surface area contributed by atoms with Gasteiger partial charge in [-0.25, -0.2) is 9.98 Å². The molecule has 2 atom stereocenters. The summed E-state index contributed by atoms with van der Waals surface area (Å²) < 4.78 is 5.38. The molecule has 0 spiro atoms. The summed E-state index contributed by atoms with van der Waals surface area (Å²) >= 11 is 12.4. The molecule has 1 aromatic rings. The second kappa shape index (κ2) is 7.48. The molecule has 2 aliphatic rings. The van der Waals surface area contributed by atoms with E-state index < -0.39 is 11.5 Å². The number of halogens is 1. The van der Waals surface area contributed by atoms with Gasteiger partial charge in [0.2, 0.25) is 11.9 Å². The zero-order valence-electron chi connectivity index (χ0n) is 15.7. The first-order valence-corrected chi connectivity index (χ1v) is 10.0. The number of carbonyl (C=O) groups excluding carboxylic acids is 1. The van der Waals surface area contributed by atoms with Crippen molar-refractivity contribution in [2.75, 3.05) is 7.11 Å². The maximum absolute atomic E-state index is 12.4. The van der Waals surface area contributed by atoms with Crippen molar-refractivity contribution in [3.05, 3.63) is 22.7 Å². The van der Waals surface area contributed by atoms with Gasteiger partial charge in [-0.15, -0.1) is 12.6 Å². The molecule has 0 saturated carbocycles. The SMILES string of the molecule is COc1cc(C2N=C(NC(=O)C(C)(C)C)N=C3SC(C)=NC32)c(Cl)cc1S. The standard InChI is InChI=1S/C18H21ClN4O2S2/c1-8-20-14-13(9-6-11(25-5)12(26)7-10(9)19)21-17(22-15(14)27-8)23-16(24)18(2,3)4/h6-7,13-14,26H,1-5H3,(H,21,23,24). The summed E-state index contributed by atoms with van der Waals surface area (Å²) in [6.45, 7) is 7.44. The Kier molecular flexibility index (Phi) is 5.61. The summed E-state index contributed by atoms with van der Waals surface area (Å²) in [5.41, 5.74) is 0.198. The van der Waals surface area contributed by atoms with Crippen LogP contribution in [0.15, 0.2) is 32.0 Å². The minimum absolute atomic E-state index is 0.155. The van der Waals surface area contributed by atoms with Crippen molar-refractivity contribution in [1.82, 2.24) is 5.32 Å². The number of rotatable bonds is 2. The normalized spacial score (nSPS) is 21.8. The molecule has 0 radical (unpaired) electrons. The van der Waals surface area contributed by atoms with E-state index in [0.29, 0.717) is 15.7 Å². The van der Waals surface area contributed by atoms with Gasteiger partial charge in [0.15, 0.2) is 0 Å². The lowest BCUT2D eigenvalue weighted by molar-refractivity contribution is -0.126. The zero-order chi connectivity index (χ0) is 19.9. The van der Waals surface area contributed by atoms with E-state index >= 15 is 0 Å². The number of nitrogens with zero attached hydrogens (tertiary/aromatic N) is 3. The number of ether oxygens (including phenoxy) is 1. The third-order valence-corrected chi connectivity index (χ3v) is 5.75. The van der Waals surface area contributed by atoms with Gasteiger partial charge in [0.1, 0.15) is 22.9 Å². The van der Waals surface area contributed by atoms with Crippen molar-refractivity contribution in [2.45, 2.75) is 44.7 Å². The summed E-state index contributed by atoms with van der Waals surface area (Å²) in [7, 11) is 1.58. The number of benzene rings is 1. The number of methoxy groups -OCH3 is 1. The lowest BCUT2D eigenvalue weighted by Gasteiger charge is -2.26. The van der Waals surface area contributed by atoms with Crippen molar-refractivity contribution in [3.8, 4) is 5.75 Å². The summed E-state index contributed by atoms with van der Waals surface area (Å²) in [5.74, 6) is 0.718. The van der Waals surface area contributed by atoms with Crippen LogP contribution in [0.4, 0.5) is 0 Å². The average Bonchev–Trinajstić information content (AvgIpc) is 2.93. The van der Waals surface area contributed by atoms with Crippen LogP contribution in [0.2, 0.25) is 5.02 Å². The number of thioether (sulfide) groups is 1. The lowest BCUT2D eigenvalue weighted by Crippen LogP contribution is -2.41. The van der Waals surface area contributed by atoms with Gasteiger partial charge in [0.25, 0.3) is 0 Å². The second-order valence-electron chi connectivity index (χ2n) is 7.29. The Morgan fingerprint density at radius 2 is 2.00 bits per heavy atom. The third kappa shape index (κ3) is 4.17. The zero-order valence-corrected chi connectivity index (χ0v) is 18.2. The second-order valence-corrected chi connectivity index (χ2v) is 9.39. The van der Waals surface area contributed by atoms with Crippen LogP contribution in [0, 0.1) is 5.41 Å². The maximum Gasteiger partial charge on any atom is 0.232 e. The van der Waals surface area contributed by atoms with E-state index in [4.69, 9.17) is 16.3 Å². The first-order chi connectivity index (χ1) is 12.6. The number of aliphatic imine (C=N–C) groups is 3. The third-order valence-electron chi connectivity index (χ3n) is 4.13. The number of fused-ring (bicyclic) bond motifs is 1. The van der Waals surface area contributed by atoms with Gasteiger partial charge >= 0.3 is 0 Å². The fourth-order valence-electron chi connectivity index (χ4n) is 2.66. The number of hydrogen-bond acceptors (Lipinski definition) is 7. The monoisotopic (exact) mass is 424 g/mol. The van der Waals surface area contributed by atoms with Crippen LogP contribution in [-0.4, -0.2) is 35.1 Å². The molecule has 0 fully saturated rings. The van der Waals surface area contributed by atoms with Gasteiger partial charge in [0, 0.05) is 20.9 Å². The van der Waals surface area contributed by atoms with Gasteiger partial charge in [-0.1, -0.05) is 44.1 Å². The highest BCUT2D eigenvalue weighted by atomic mass is 35.5. The maximum atomic E-state index is 12.4. The Bertz CT molecular complexity index is 890. The van der Waals surface area contributed by atoms with Crippen molar-refractivity contribution in [2.24, 2.45) is 20.4 Å². The molecule has 1 amide bonds. The molecular formula is C18H21ClN4O2S2. The van der Waals surface area contributed by atoms with E-state index in [1.165, 1.54) is 11.8 Å². The predicted octanol–water partition coefficient (Wildman–Crippen LogP) is 4.14. The van der Waals surface area contributed by atoms with Gasteiger partial charge in [-0.3, -0.25) is 15.1 Å². The number of carbonyl (C=O) groups is 1. The van der Waals surface area contributed by atoms with Gasteiger partial charge in [0.05, 0.1) is 12.2 Å². The summed E-state index contributed by atoms with van der Waals surface area (Å²) in [4.78, 5) is 26.9. The Balaban J connectivity index is 2.04. The van der Waals surface area contributed by atoms with Gasteiger partial charge in [-0.05, 0) is 19.1 Å². The van der Waals surface area contributed by atoms with Crippen molar-refractivity contribution >= 4 is 57.9 Å². The minimum atomic E-state index is -0.557. The van der Waals surface area contributed by atoms with Crippen molar-refractivity contribution < 1.29 is 9.53 Å². The van der Waals surface area contributed by atoms with E-state index in [0.717, 1.165) is 15.7 Å². The Morgan fingerprint density at radius 3 is 2.63 bits per heavy atom. The topological polar surface area (TPSA) is 75.4 Å². The molecule has 0 aromatic heterocycles. The quantitative estimate of drug-likeness (QED) is 0.700. The van der Waals surface area contributed by atoms with Gasteiger partial charge in [-0.2, -0.15) is 0 Å². The van der Waals surface area contributed by atoms with E-state index in [2.05, 4.69) is 32.9 Å². The molecule has 2 heterocycles. The Labute approximate surface area is 173 Å². The van der Waals surface area contributed by atoms with Crippen molar-refractivity contribution in [3.63, 3.8) is 0 Å². The molecule has 0 aliphatic carbocycles. The van der Waals surface area contributed by atoms with Crippen LogP contribution < -0.4 is 10.1 Å². The molecule has 1 N–H and O–H groups in total. The van der Waals surface area contributed by atoms with E-state index in [9.17, 15) is 4.79 Å². The molecule has 1 aromatic carbocycles. The molecule has 144 valence electrons. The largest absolute Gasteiger partial charge is 0.496 e. The van der Waals surface area contributed by atoms with Crippen LogP contribution in [-0.2, 0) is 4.79 Å². The highest BCUT2D eigenvalue weighted by Crippen LogP contribution is 2.41. The van der Waals surface area contributed by atoms with Crippen LogP contribution in [0.1, 0.15) is 39.3 Å². The highest BCUT2D eigenvalue weighted by Gasteiger charge is 2.38. The summed E-state index contributed by atoms with van der Waals surface area (Å²) in [6.07, 6.45) is 0.